The first-order valence-corrected chi connectivity index (χ1v) is 12.2. The molecule has 1 N–H and O–H groups in total. The Kier molecular flexibility index (Phi) is 6.14. The second kappa shape index (κ2) is 9.13. The van der Waals surface area contributed by atoms with Gasteiger partial charge in [-0.15, -0.1) is 0 Å². The molecule has 1 unspecified atom stereocenters. The molecule has 2 saturated heterocycles. The fraction of sp³-hybridized carbons (Fsp3) is 0.500. The average Bonchev–Trinajstić information content (AvgIpc) is 3.15. The number of carbonyl (C=O) groups is 3. The molecule has 1 aromatic rings. The van der Waals surface area contributed by atoms with E-state index < -0.39 is 35.6 Å². The molecule has 35 heavy (non-hydrogen) atoms. The molecule has 5 rings (SSSR count). The topological polar surface area (TPSA) is 99.6 Å². The van der Waals surface area contributed by atoms with E-state index in [0.29, 0.717) is 12.2 Å². The van der Waals surface area contributed by atoms with E-state index in [1.807, 2.05) is 30.3 Å². The van der Waals surface area contributed by atoms with Crippen LogP contribution in [0.25, 0.3) is 0 Å². The van der Waals surface area contributed by atoms with Gasteiger partial charge in [0.25, 0.3) is 5.91 Å². The standard InChI is InChI=1S/C26H31N3O6/c1-3-27(4-2)17-8-10-18(11-9-17)28-13-6-12-26-21(20-19(35-26)7-5-16-34-25(20)33)23(31)29(14-15-30)22(26)24(28)32/h5-12,19-22,30H,3-4,13-16H2,1-2H3/t19-,20+,21+,22-,26?/m1/s1. The summed E-state index contributed by atoms with van der Waals surface area (Å²) in [6.45, 7) is 6.03. The number of carbonyl (C=O) groups excluding carboxylic acids is 3. The lowest BCUT2D eigenvalue weighted by Crippen LogP contribution is -2.55. The molecule has 5 atom stereocenters. The Morgan fingerprint density at radius 3 is 2.51 bits per heavy atom. The molecule has 0 aromatic heterocycles. The Balaban J connectivity index is 1.54. The molecule has 2 fully saturated rings. The van der Waals surface area contributed by atoms with Gasteiger partial charge in [-0.25, -0.2) is 0 Å². The molecule has 4 heterocycles. The molecular formula is C26H31N3O6. The number of fused-ring (bicyclic) bond motifs is 2. The number of rotatable bonds is 6. The lowest BCUT2D eigenvalue weighted by Gasteiger charge is -2.35. The summed E-state index contributed by atoms with van der Waals surface area (Å²) >= 11 is 0. The molecule has 4 aliphatic rings. The van der Waals surface area contributed by atoms with Gasteiger partial charge in [-0.3, -0.25) is 14.4 Å². The predicted molar refractivity (Wildman–Crippen MR) is 129 cm³/mol. The molecule has 0 radical (unpaired) electrons. The molecular weight excluding hydrogens is 450 g/mol. The molecule has 0 bridgehead atoms. The molecule has 1 aromatic carbocycles. The van der Waals surface area contributed by atoms with Crippen molar-refractivity contribution < 1.29 is 29.0 Å². The number of anilines is 2. The van der Waals surface area contributed by atoms with E-state index in [1.165, 1.54) is 4.90 Å². The van der Waals surface area contributed by atoms with Crippen LogP contribution in [-0.4, -0.2) is 84.9 Å². The number of hydrogen-bond donors (Lipinski definition) is 1. The third kappa shape index (κ3) is 3.56. The van der Waals surface area contributed by atoms with Crippen LogP contribution in [0.3, 0.4) is 0 Å². The third-order valence-corrected chi connectivity index (χ3v) is 7.54. The molecule has 186 valence electrons. The summed E-state index contributed by atoms with van der Waals surface area (Å²) in [4.78, 5) is 45.7. The van der Waals surface area contributed by atoms with Gasteiger partial charge in [0.1, 0.15) is 24.2 Å². The van der Waals surface area contributed by atoms with Crippen LogP contribution in [0.1, 0.15) is 13.8 Å². The van der Waals surface area contributed by atoms with Crippen molar-refractivity contribution in [2.75, 3.05) is 49.2 Å². The Hall–Kier alpha value is -3.17. The highest BCUT2D eigenvalue weighted by Crippen LogP contribution is 2.53. The minimum absolute atomic E-state index is 0.0261. The molecule has 1 spiro atoms. The summed E-state index contributed by atoms with van der Waals surface area (Å²) in [7, 11) is 0. The lowest BCUT2D eigenvalue weighted by molar-refractivity contribution is -0.152. The zero-order valence-corrected chi connectivity index (χ0v) is 20.0. The van der Waals surface area contributed by atoms with Crippen molar-refractivity contribution in [3.05, 3.63) is 48.6 Å². The SMILES string of the molecule is CCN(CC)c1ccc(N2CC=CC34O[C@@H]5C=CCOC(=O)[C@@H]5[C@H]3C(=O)N(CCO)[C@@H]4C2=O)cc1. The number of nitrogens with zero attached hydrogens (tertiary/aromatic N) is 3. The highest BCUT2D eigenvalue weighted by molar-refractivity contribution is 6.05. The van der Waals surface area contributed by atoms with E-state index in [4.69, 9.17) is 9.47 Å². The van der Waals surface area contributed by atoms with Crippen LogP contribution in [0.4, 0.5) is 11.4 Å². The molecule has 9 nitrogen and oxygen atoms in total. The van der Waals surface area contributed by atoms with Crippen LogP contribution >= 0.6 is 0 Å². The maximum absolute atomic E-state index is 14.1. The normalized spacial score (nSPS) is 31.6. The minimum atomic E-state index is -1.31. The van der Waals surface area contributed by atoms with Crippen molar-refractivity contribution in [3.8, 4) is 0 Å². The molecule has 4 aliphatic heterocycles. The number of ether oxygens (including phenoxy) is 2. The van der Waals surface area contributed by atoms with Gasteiger partial charge in [0.15, 0.2) is 0 Å². The highest BCUT2D eigenvalue weighted by Gasteiger charge is 2.71. The largest absolute Gasteiger partial charge is 0.461 e. The molecule has 0 saturated carbocycles. The summed E-state index contributed by atoms with van der Waals surface area (Å²) in [6, 6.07) is 6.78. The zero-order chi connectivity index (χ0) is 24.7. The second-order valence-electron chi connectivity index (χ2n) is 9.20. The van der Waals surface area contributed by atoms with E-state index in [-0.39, 0.29) is 31.6 Å². The number of likely N-dealkylation sites (tertiary alicyclic amines) is 1. The van der Waals surface area contributed by atoms with Crippen molar-refractivity contribution in [2.45, 2.75) is 31.6 Å². The Morgan fingerprint density at radius 2 is 1.83 bits per heavy atom. The van der Waals surface area contributed by atoms with Gasteiger partial charge in [0.2, 0.25) is 5.91 Å². The number of amides is 2. The van der Waals surface area contributed by atoms with E-state index in [1.54, 1.807) is 23.1 Å². The number of aliphatic hydroxyl groups is 1. The van der Waals surface area contributed by atoms with Gasteiger partial charge in [0, 0.05) is 37.6 Å². The van der Waals surface area contributed by atoms with Crippen LogP contribution in [0.15, 0.2) is 48.6 Å². The van der Waals surface area contributed by atoms with E-state index >= 15 is 0 Å². The number of benzene rings is 1. The number of aliphatic hydroxyl groups excluding tert-OH is 1. The summed E-state index contributed by atoms with van der Waals surface area (Å²) in [5.74, 6) is -2.92. The van der Waals surface area contributed by atoms with Crippen molar-refractivity contribution in [1.82, 2.24) is 4.90 Å². The lowest BCUT2D eigenvalue weighted by atomic mass is 9.78. The Morgan fingerprint density at radius 1 is 1.09 bits per heavy atom. The van der Waals surface area contributed by atoms with Gasteiger partial charge in [-0.05, 0) is 44.2 Å². The van der Waals surface area contributed by atoms with Gasteiger partial charge >= 0.3 is 5.97 Å². The first kappa shape index (κ1) is 23.6. The maximum Gasteiger partial charge on any atom is 0.313 e. The number of β-amino-alcohol motifs (C(OH)–C–C–N with tert-alkyl or cyclic N) is 1. The van der Waals surface area contributed by atoms with Crippen LogP contribution in [0.2, 0.25) is 0 Å². The second-order valence-corrected chi connectivity index (χ2v) is 9.20. The van der Waals surface area contributed by atoms with E-state index in [9.17, 15) is 19.5 Å². The molecule has 9 heteroatoms. The molecule has 0 aliphatic carbocycles. The molecule has 2 amide bonds. The number of cyclic esters (lactones) is 1. The van der Waals surface area contributed by atoms with Crippen molar-refractivity contribution in [2.24, 2.45) is 11.8 Å². The fourth-order valence-corrected chi connectivity index (χ4v) is 5.98. The summed E-state index contributed by atoms with van der Waals surface area (Å²) < 4.78 is 11.7. The van der Waals surface area contributed by atoms with Crippen molar-refractivity contribution in [3.63, 3.8) is 0 Å². The van der Waals surface area contributed by atoms with Gasteiger partial charge in [-0.2, -0.15) is 0 Å². The quantitative estimate of drug-likeness (QED) is 0.480. The van der Waals surface area contributed by atoms with E-state index in [2.05, 4.69) is 18.7 Å². The first-order chi connectivity index (χ1) is 17.0. The summed E-state index contributed by atoms with van der Waals surface area (Å²) in [5.41, 5.74) is 0.463. The van der Waals surface area contributed by atoms with Crippen molar-refractivity contribution in [1.29, 1.82) is 0 Å². The van der Waals surface area contributed by atoms with Crippen LogP contribution in [-0.2, 0) is 23.9 Å². The summed E-state index contributed by atoms with van der Waals surface area (Å²) in [6.07, 6.45) is 6.40. The fourth-order valence-electron chi connectivity index (χ4n) is 5.98. The number of hydrogen-bond acceptors (Lipinski definition) is 7. The Bertz CT molecular complexity index is 1070. The van der Waals surface area contributed by atoms with Gasteiger partial charge in [0.05, 0.1) is 18.6 Å². The smallest absolute Gasteiger partial charge is 0.313 e. The van der Waals surface area contributed by atoms with E-state index in [0.717, 1.165) is 18.8 Å². The maximum atomic E-state index is 14.1. The zero-order valence-electron chi connectivity index (χ0n) is 20.0. The minimum Gasteiger partial charge on any atom is -0.461 e. The average molecular weight is 482 g/mol. The van der Waals surface area contributed by atoms with Gasteiger partial charge < -0.3 is 29.3 Å². The van der Waals surface area contributed by atoms with Crippen LogP contribution in [0.5, 0.6) is 0 Å². The van der Waals surface area contributed by atoms with Crippen LogP contribution < -0.4 is 9.80 Å². The predicted octanol–water partition coefficient (Wildman–Crippen LogP) is 1.12. The third-order valence-electron chi connectivity index (χ3n) is 7.54. The van der Waals surface area contributed by atoms with Crippen LogP contribution in [0, 0.1) is 11.8 Å². The first-order valence-electron chi connectivity index (χ1n) is 12.2. The van der Waals surface area contributed by atoms with Gasteiger partial charge in [-0.1, -0.05) is 18.2 Å². The van der Waals surface area contributed by atoms with Crippen molar-refractivity contribution >= 4 is 29.2 Å². The number of esters is 1. The summed E-state index contributed by atoms with van der Waals surface area (Å²) in [5, 5.41) is 9.71. The Labute approximate surface area is 204 Å². The highest BCUT2D eigenvalue weighted by atomic mass is 16.6. The monoisotopic (exact) mass is 481 g/mol.